The SMILES string of the molecule is COC(=O)Nc1cc(OCCCOc2cc(NC(=O)OC)c(C(=O)O)cc2OC)c(OC)cc1C(=O)O. The summed E-state index contributed by atoms with van der Waals surface area (Å²) in [6.45, 7) is 0.173. The highest BCUT2D eigenvalue weighted by molar-refractivity contribution is 6.00. The number of methoxy groups -OCH3 is 4. The number of carbonyl (C=O) groups is 4. The number of ether oxygens (including phenoxy) is 6. The minimum atomic E-state index is -1.30. The van der Waals surface area contributed by atoms with Gasteiger partial charge in [0.2, 0.25) is 0 Å². The minimum absolute atomic E-state index is 0.0553. The summed E-state index contributed by atoms with van der Waals surface area (Å²) >= 11 is 0. The lowest BCUT2D eigenvalue weighted by atomic mass is 10.1. The molecule has 0 saturated carbocycles. The van der Waals surface area contributed by atoms with Crippen molar-refractivity contribution in [2.45, 2.75) is 6.42 Å². The first-order valence-corrected chi connectivity index (χ1v) is 10.5. The van der Waals surface area contributed by atoms with E-state index in [1.54, 1.807) is 0 Å². The molecule has 2 aromatic carbocycles. The van der Waals surface area contributed by atoms with E-state index in [1.807, 2.05) is 0 Å². The second-order valence-electron chi connectivity index (χ2n) is 6.99. The summed E-state index contributed by atoms with van der Waals surface area (Å²) in [5, 5.41) is 23.4. The summed E-state index contributed by atoms with van der Waals surface area (Å²) in [5.74, 6) is -2.03. The van der Waals surface area contributed by atoms with Crippen LogP contribution in [-0.4, -0.2) is 76.0 Å². The van der Waals surface area contributed by atoms with Crippen LogP contribution in [0.1, 0.15) is 27.1 Å². The van der Waals surface area contributed by atoms with Crippen LogP contribution in [0.25, 0.3) is 0 Å². The van der Waals surface area contributed by atoms with Crippen molar-refractivity contribution in [3.8, 4) is 23.0 Å². The Kier molecular flexibility index (Phi) is 10.2. The van der Waals surface area contributed by atoms with E-state index >= 15 is 0 Å². The van der Waals surface area contributed by atoms with E-state index < -0.39 is 24.1 Å². The molecule has 0 saturated heterocycles. The predicted molar refractivity (Wildman–Crippen MR) is 128 cm³/mol. The molecular formula is C23H26N2O12. The van der Waals surface area contributed by atoms with Crippen LogP contribution < -0.4 is 29.6 Å². The maximum atomic E-state index is 11.6. The zero-order chi connectivity index (χ0) is 27.5. The third kappa shape index (κ3) is 7.55. The highest BCUT2D eigenvalue weighted by Gasteiger charge is 2.20. The first-order valence-electron chi connectivity index (χ1n) is 10.5. The summed E-state index contributed by atoms with van der Waals surface area (Å²) in [6, 6.07) is 4.98. The van der Waals surface area contributed by atoms with Gasteiger partial charge in [-0.15, -0.1) is 0 Å². The van der Waals surface area contributed by atoms with Crippen LogP contribution >= 0.6 is 0 Å². The van der Waals surface area contributed by atoms with Crippen molar-refractivity contribution in [3.05, 3.63) is 35.4 Å². The van der Waals surface area contributed by atoms with Gasteiger partial charge >= 0.3 is 24.1 Å². The maximum Gasteiger partial charge on any atom is 0.411 e. The molecule has 14 nitrogen and oxygen atoms in total. The van der Waals surface area contributed by atoms with Gasteiger partial charge in [0, 0.05) is 30.7 Å². The largest absolute Gasteiger partial charge is 0.493 e. The van der Waals surface area contributed by atoms with Crippen LogP contribution in [0.3, 0.4) is 0 Å². The molecule has 0 heterocycles. The van der Waals surface area contributed by atoms with Crippen molar-refractivity contribution < 1.29 is 57.8 Å². The van der Waals surface area contributed by atoms with Crippen LogP contribution in [0.4, 0.5) is 21.0 Å². The quantitative estimate of drug-likeness (QED) is 0.298. The first-order chi connectivity index (χ1) is 17.6. The third-order valence-corrected chi connectivity index (χ3v) is 4.72. The average molecular weight is 522 g/mol. The van der Waals surface area contributed by atoms with Crippen molar-refractivity contribution in [2.75, 3.05) is 52.3 Å². The topological polar surface area (TPSA) is 188 Å². The van der Waals surface area contributed by atoms with Crippen LogP contribution in [0.5, 0.6) is 23.0 Å². The number of hydrogen-bond acceptors (Lipinski definition) is 10. The number of rotatable bonds is 12. The molecule has 0 radical (unpaired) electrons. The molecule has 200 valence electrons. The summed E-state index contributed by atoms with van der Waals surface area (Å²) in [7, 11) is 4.93. The summed E-state index contributed by atoms with van der Waals surface area (Å²) in [6.07, 6.45) is -1.42. The molecule has 0 atom stereocenters. The molecule has 0 fully saturated rings. The van der Waals surface area contributed by atoms with Gasteiger partial charge in [-0.3, -0.25) is 10.6 Å². The fourth-order valence-electron chi connectivity index (χ4n) is 2.97. The zero-order valence-corrected chi connectivity index (χ0v) is 20.4. The number of carboxylic acid groups (broad SMARTS) is 2. The summed E-state index contributed by atoms with van der Waals surface area (Å²) < 4.78 is 30.8. The molecule has 37 heavy (non-hydrogen) atoms. The molecule has 2 amide bonds. The monoisotopic (exact) mass is 522 g/mol. The molecule has 0 aliphatic heterocycles. The molecule has 0 bridgehead atoms. The Hall–Kier alpha value is -4.88. The number of benzene rings is 2. The Labute approximate surface area is 211 Å². The van der Waals surface area contributed by atoms with E-state index in [-0.39, 0.29) is 58.7 Å². The molecule has 14 heteroatoms. The van der Waals surface area contributed by atoms with Gasteiger partial charge in [-0.2, -0.15) is 0 Å². The number of carboxylic acids is 2. The lowest BCUT2D eigenvalue weighted by Gasteiger charge is -2.16. The fraction of sp³-hybridized carbons (Fsp3) is 0.304. The Morgan fingerprint density at radius 1 is 0.649 bits per heavy atom. The smallest absolute Gasteiger partial charge is 0.411 e. The van der Waals surface area contributed by atoms with E-state index in [1.165, 1.54) is 38.5 Å². The fourth-order valence-corrected chi connectivity index (χ4v) is 2.97. The molecule has 0 aliphatic rings. The lowest BCUT2D eigenvalue weighted by molar-refractivity contribution is 0.0686. The number of carbonyl (C=O) groups excluding carboxylic acids is 2. The first kappa shape index (κ1) is 28.4. The Bertz CT molecular complexity index is 1080. The van der Waals surface area contributed by atoms with E-state index in [0.717, 1.165) is 14.2 Å². The summed E-state index contributed by atoms with van der Waals surface area (Å²) in [4.78, 5) is 46.2. The normalized spacial score (nSPS) is 10.1. The molecule has 4 N–H and O–H groups in total. The van der Waals surface area contributed by atoms with Crippen LogP contribution in [-0.2, 0) is 9.47 Å². The molecule has 2 aromatic rings. The zero-order valence-electron chi connectivity index (χ0n) is 20.4. The average Bonchev–Trinajstić information content (AvgIpc) is 2.87. The summed E-state index contributed by atoms with van der Waals surface area (Å²) in [5.41, 5.74) is -0.571. The Morgan fingerprint density at radius 2 is 1.03 bits per heavy atom. The third-order valence-electron chi connectivity index (χ3n) is 4.72. The molecule has 0 spiro atoms. The number of amides is 2. The van der Waals surface area contributed by atoms with Crippen molar-refractivity contribution in [3.63, 3.8) is 0 Å². The van der Waals surface area contributed by atoms with E-state index in [0.29, 0.717) is 6.42 Å². The van der Waals surface area contributed by atoms with Gasteiger partial charge in [0.05, 0.1) is 64.2 Å². The Morgan fingerprint density at radius 3 is 1.32 bits per heavy atom. The maximum absolute atomic E-state index is 11.6. The van der Waals surface area contributed by atoms with Crippen molar-refractivity contribution >= 4 is 35.5 Å². The van der Waals surface area contributed by atoms with Crippen molar-refractivity contribution in [2.24, 2.45) is 0 Å². The van der Waals surface area contributed by atoms with Crippen molar-refractivity contribution in [1.29, 1.82) is 0 Å². The molecule has 0 unspecified atom stereocenters. The predicted octanol–water partition coefficient (Wildman–Crippen LogP) is 3.30. The van der Waals surface area contributed by atoms with E-state index in [4.69, 9.17) is 18.9 Å². The van der Waals surface area contributed by atoms with Gasteiger partial charge in [-0.05, 0) is 0 Å². The van der Waals surface area contributed by atoms with Crippen LogP contribution in [0.15, 0.2) is 24.3 Å². The number of nitrogens with one attached hydrogen (secondary N) is 2. The molecular weight excluding hydrogens is 496 g/mol. The number of hydrogen-bond donors (Lipinski definition) is 4. The van der Waals surface area contributed by atoms with Gasteiger partial charge in [0.25, 0.3) is 0 Å². The van der Waals surface area contributed by atoms with Gasteiger partial charge < -0.3 is 38.6 Å². The number of anilines is 2. The standard InChI is InChI=1S/C23H26N2O12/c1-32-16-8-12(20(26)27)14(24-22(30)34-3)10-18(16)36-6-5-7-37-19-11-15(25-23(31)35-4)13(21(28)29)9-17(19)33-2/h8-11H,5-7H2,1-4H3,(H,24,30)(H,25,31)(H,26,27)(H,28,29). The van der Waals surface area contributed by atoms with Gasteiger partial charge in [-0.1, -0.05) is 0 Å². The number of aromatic carboxylic acids is 2. The Balaban J connectivity index is 2.13. The second-order valence-corrected chi connectivity index (χ2v) is 6.99. The minimum Gasteiger partial charge on any atom is -0.493 e. The van der Waals surface area contributed by atoms with E-state index in [9.17, 15) is 29.4 Å². The molecule has 2 rings (SSSR count). The molecule has 0 aromatic heterocycles. The van der Waals surface area contributed by atoms with Crippen molar-refractivity contribution in [1.82, 2.24) is 0 Å². The second kappa shape index (κ2) is 13.3. The van der Waals surface area contributed by atoms with Gasteiger partial charge in [0.15, 0.2) is 23.0 Å². The lowest BCUT2D eigenvalue weighted by Crippen LogP contribution is -2.15. The highest BCUT2D eigenvalue weighted by Crippen LogP contribution is 2.35. The van der Waals surface area contributed by atoms with Gasteiger partial charge in [0.1, 0.15) is 0 Å². The highest BCUT2D eigenvalue weighted by atomic mass is 16.5. The van der Waals surface area contributed by atoms with E-state index in [2.05, 4.69) is 20.1 Å². The molecule has 0 aliphatic carbocycles. The van der Waals surface area contributed by atoms with Crippen LogP contribution in [0.2, 0.25) is 0 Å². The van der Waals surface area contributed by atoms with Crippen LogP contribution in [0, 0.1) is 0 Å². The van der Waals surface area contributed by atoms with Gasteiger partial charge in [-0.25, -0.2) is 19.2 Å².